The lowest BCUT2D eigenvalue weighted by Crippen LogP contribution is -2.34. The van der Waals surface area contributed by atoms with Gasteiger partial charge in [0.1, 0.15) is 0 Å². The van der Waals surface area contributed by atoms with Crippen LogP contribution in [0.1, 0.15) is 19.3 Å². The average Bonchev–Trinajstić information content (AvgIpc) is 2.88. The van der Waals surface area contributed by atoms with Gasteiger partial charge in [-0.25, -0.2) is 0 Å². The lowest BCUT2D eigenvalue weighted by molar-refractivity contribution is -0.121. The molecule has 4 N–H and O–H groups in total. The first-order valence-electron chi connectivity index (χ1n) is 4.48. The highest BCUT2D eigenvalue weighted by atomic mass is 16.2. The smallest absolute Gasteiger partial charge is 0.233 e. The van der Waals surface area contributed by atoms with E-state index in [1.165, 1.54) is 0 Å². The lowest BCUT2D eigenvalue weighted by atomic mass is 10.4. The first kappa shape index (κ1) is 9.98. The highest BCUT2D eigenvalue weighted by Crippen LogP contribution is 2.18. The summed E-state index contributed by atoms with van der Waals surface area (Å²) in [7, 11) is 0. The summed E-state index contributed by atoms with van der Waals surface area (Å²) in [5.74, 6) is -0.223. The van der Waals surface area contributed by atoms with Gasteiger partial charge < -0.3 is 16.4 Å². The fourth-order valence-corrected chi connectivity index (χ4v) is 0.915. The van der Waals surface area contributed by atoms with Crippen molar-refractivity contribution < 1.29 is 9.59 Å². The Labute approximate surface area is 77.1 Å². The molecule has 2 amide bonds. The Hall–Kier alpha value is -1.10. The second kappa shape index (κ2) is 4.81. The maximum Gasteiger partial charge on any atom is 0.233 e. The van der Waals surface area contributed by atoms with Gasteiger partial charge in [-0.15, -0.1) is 0 Å². The molecule has 74 valence electrons. The predicted molar refractivity (Wildman–Crippen MR) is 47.8 cm³/mol. The van der Waals surface area contributed by atoms with Crippen molar-refractivity contribution in [3.8, 4) is 0 Å². The van der Waals surface area contributed by atoms with Crippen molar-refractivity contribution in [2.45, 2.75) is 25.3 Å². The second-order valence-electron chi connectivity index (χ2n) is 3.15. The van der Waals surface area contributed by atoms with Gasteiger partial charge in [0.25, 0.3) is 0 Å². The molecule has 5 heteroatoms. The van der Waals surface area contributed by atoms with E-state index in [9.17, 15) is 9.59 Å². The summed E-state index contributed by atoms with van der Waals surface area (Å²) < 4.78 is 0. The summed E-state index contributed by atoms with van der Waals surface area (Å²) in [6.45, 7) is 0.346. The number of carbonyl (C=O) groups is 2. The van der Waals surface area contributed by atoms with Gasteiger partial charge in [0.15, 0.2) is 0 Å². The molecule has 0 spiro atoms. The molecular formula is C8H15N3O2. The Morgan fingerprint density at radius 3 is 2.54 bits per heavy atom. The van der Waals surface area contributed by atoms with Crippen molar-refractivity contribution in [3.63, 3.8) is 0 Å². The number of nitrogens with one attached hydrogen (secondary N) is 2. The van der Waals surface area contributed by atoms with Crippen LogP contribution in [0, 0.1) is 0 Å². The Morgan fingerprint density at radius 2 is 2.00 bits per heavy atom. The molecule has 0 aromatic carbocycles. The third-order valence-corrected chi connectivity index (χ3v) is 1.80. The Morgan fingerprint density at radius 1 is 1.31 bits per heavy atom. The molecule has 1 aliphatic rings. The standard InChI is InChI=1S/C8H15N3O2/c9-5-8(13)10-4-3-7(12)11-6-1-2-6/h6H,1-5,9H2,(H,10,13)(H,11,12). The third kappa shape index (κ3) is 4.47. The van der Waals surface area contributed by atoms with Gasteiger partial charge in [-0.05, 0) is 12.8 Å². The minimum absolute atomic E-state index is 0.000165. The van der Waals surface area contributed by atoms with E-state index in [0.29, 0.717) is 19.0 Å². The summed E-state index contributed by atoms with van der Waals surface area (Å²) in [6.07, 6.45) is 2.50. The molecule has 0 radical (unpaired) electrons. The van der Waals surface area contributed by atoms with Crippen LogP contribution < -0.4 is 16.4 Å². The van der Waals surface area contributed by atoms with Crippen molar-refractivity contribution in [1.29, 1.82) is 0 Å². The number of hydrogen-bond acceptors (Lipinski definition) is 3. The van der Waals surface area contributed by atoms with Crippen molar-refractivity contribution in [3.05, 3.63) is 0 Å². The van der Waals surface area contributed by atoms with Crippen LogP contribution >= 0.6 is 0 Å². The van der Waals surface area contributed by atoms with E-state index < -0.39 is 0 Å². The van der Waals surface area contributed by atoms with Crippen LogP contribution in [-0.2, 0) is 9.59 Å². The van der Waals surface area contributed by atoms with E-state index in [0.717, 1.165) is 12.8 Å². The maximum atomic E-state index is 11.1. The third-order valence-electron chi connectivity index (χ3n) is 1.80. The highest BCUT2D eigenvalue weighted by molar-refractivity contribution is 5.80. The zero-order valence-electron chi connectivity index (χ0n) is 7.51. The maximum absolute atomic E-state index is 11.1. The monoisotopic (exact) mass is 185 g/mol. The molecule has 1 saturated carbocycles. The van der Waals surface area contributed by atoms with Crippen molar-refractivity contribution in [2.24, 2.45) is 5.73 Å². The van der Waals surface area contributed by atoms with Gasteiger partial charge in [-0.1, -0.05) is 0 Å². The fourth-order valence-electron chi connectivity index (χ4n) is 0.915. The Kier molecular flexibility index (Phi) is 3.70. The fraction of sp³-hybridized carbons (Fsp3) is 0.750. The second-order valence-corrected chi connectivity index (χ2v) is 3.15. The van der Waals surface area contributed by atoms with Gasteiger partial charge in [0, 0.05) is 19.0 Å². The minimum Gasteiger partial charge on any atom is -0.354 e. The van der Waals surface area contributed by atoms with E-state index in [1.54, 1.807) is 0 Å². The van der Waals surface area contributed by atoms with E-state index in [4.69, 9.17) is 5.73 Å². The van der Waals surface area contributed by atoms with E-state index >= 15 is 0 Å². The van der Waals surface area contributed by atoms with E-state index in [2.05, 4.69) is 10.6 Å². The molecule has 1 aliphatic carbocycles. The quantitative estimate of drug-likeness (QED) is 0.499. The average molecular weight is 185 g/mol. The van der Waals surface area contributed by atoms with Crippen molar-refractivity contribution in [2.75, 3.05) is 13.1 Å². The molecule has 0 unspecified atom stereocenters. The molecule has 0 atom stereocenters. The SMILES string of the molecule is NCC(=O)NCCC(=O)NC1CC1. The number of nitrogens with two attached hydrogens (primary N) is 1. The lowest BCUT2D eigenvalue weighted by Gasteiger charge is -2.03. The van der Waals surface area contributed by atoms with Gasteiger partial charge in [0.05, 0.1) is 6.54 Å². The molecule has 1 rings (SSSR count). The predicted octanol–water partition coefficient (Wildman–Crippen LogP) is -1.27. The normalized spacial score (nSPS) is 15.2. The van der Waals surface area contributed by atoms with Gasteiger partial charge in [0.2, 0.25) is 11.8 Å². The molecule has 0 saturated heterocycles. The summed E-state index contributed by atoms with van der Waals surface area (Å²) in [4.78, 5) is 21.7. The van der Waals surface area contributed by atoms with E-state index in [1.807, 2.05) is 0 Å². The summed E-state index contributed by atoms with van der Waals surface area (Å²) in [6, 6.07) is 0.387. The zero-order chi connectivity index (χ0) is 9.68. The van der Waals surface area contributed by atoms with Crippen molar-refractivity contribution in [1.82, 2.24) is 10.6 Å². The molecule has 0 aromatic heterocycles. The Bertz CT molecular complexity index is 202. The van der Waals surface area contributed by atoms with Crippen LogP contribution in [0.25, 0.3) is 0 Å². The van der Waals surface area contributed by atoms with Crippen molar-refractivity contribution >= 4 is 11.8 Å². The number of hydrogen-bond donors (Lipinski definition) is 3. The number of carbonyl (C=O) groups excluding carboxylic acids is 2. The number of rotatable bonds is 5. The molecule has 1 fully saturated rings. The molecule has 0 bridgehead atoms. The largest absolute Gasteiger partial charge is 0.354 e. The van der Waals surface area contributed by atoms with Crippen LogP contribution in [0.15, 0.2) is 0 Å². The van der Waals surface area contributed by atoms with Gasteiger partial charge in [-0.3, -0.25) is 9.59 Å². The summed E-state index contributed by atoms with van der Waals surface area (Å²) in [5, 5.41) is 5.36. The van der Waals surface area contributed by atoms with Crippen LogP contribution in [0.3, 0.4) is 0 Å². The molecule has 13 heavy (non-hydrogen) atoms. The summed E-state index contributed by atoms with van der Waals surface area (Å²) in [5.41, 5.74) is 5.07. The number of amides is 2. The molecule has 5 nitrogen and oxygen atoms in total. The first-order chi connectivity index (χ1) is 6.22. The van der Waals surface area contributed by atoms with E-state index in [-0.39, 0.29) is 18.4 Å². The first-order valence-corrected chi connectivity index (χ1v) is 4.48. The van der Waals surface area contributed by atoms with Crippen LogP contribution in [0.4, 0.5) is 0 Å². The highest BCUT2D eigenvalue weighted by Gasteiger charge is 2.22. The summed E-state index contributed by atoms with van der Waals surface area (Å²) >= 11 is 0. The van der Waals surface area contributed by atoms with Crippen LogP contribution in [0.5, 0.6) is 0 Å². The van der Waals surface area contributed by atoms with Gasteiger partial charge in [-0.2, -0.15) is 0 Å². The topological polar surface area (TPSA) is 84.2 Å². The Balaban J connectivity index is 1.97. The molecule has 0 heterocycles. The molecule has 0 aromatic rings. The molecular weight excluding hydrogens is 170 g/mol. The minimum atomic E-state index is -0.223. The van der Waals surface area contributed by atoms with Crippen LogP contribution in [0.2, 0.25) is 0 Å². The zero-order valence-corrected chi connectivity index (χ0v) is 7.51. The van der Waals surface area contributed by atoms with Crippen LogP contribution in [-0.4, -0.2) is 30.9 Å². The van der Waals surface area contributed by atoms with Gasteiger partial charge >= 0.3 is 0 Å². The molecule has 0 aliphatic heterocycles.